The molecule has 0 radical (unpaired) electrons. The van der Waals surface area contributed by atoms with E-state index in [1.54, 1.807) is 26.1 Å². The summed E-state index contributed by atoms with van der Waals surface area (Å²) < 4.78 is 11.4. The Labute approximate surface area is 174 Å². The molecule has 1 aromatic carbocycles. The van der Waals surface area contributed by atoms with Gasteiger partial charge in [-0.3, -0.25) is 4.79 Å². The highest BCUT2D eigenvalue weighted by molar-refractivity contribution is 5.85. The maximum atomic E-state index is 12.0. The third-order valence-corrected chi connectivity index (χ3v) is 5.26. The molecule has 7 heteroatoms. The fourth-order valence-electron chi connectivity index (χ4n) is 3.36. The molecule has 1 aliphatic rings. The Morgan fingerprint density at radius 1 is 1.24 bits per heavy atom. The Balaban J connectivity index is 1.98. The highest BCUT2D eigenvalue weighted by atomic mass is 16.5. The Morgan fingerprint density at radius 3 is 2.59 bits per heavy atom. The zero-order valence-corrected chi connectivity index (χ0v) is 18.4. The first-order valence-corrected chi connectivity index (χ1v) is 10.5. The number of hydrogen-bond acceptors (Lipinski definition) is 4. The van der Waals surface area contributed by atoms with Gasteiger partial charge in [-0.2, -0.15) is 0 Å². The van der Waals surface area contributed by atoms with Gasteiger partial charge in [0.1, 0.15) is 12.6 Å². The van der Waals surface area contributed by atoms with Gasteiger partial charge in [0, 0.05) is 20.1 Å². The molecule has 0 aliphatic heterocycles. The molecule has 0 bridgehead atoms. The van der Waals surface area contributed by atoms with Gasteiger partial charge in [-0.05, 0) is 37.8 Å². The van der Waals surface area contributed by atoms with Gasteiger partial charge in [0.05, 0.1) is 13.7 Å². The number of benzene rings is 1. The van der Waals surface area contributed by atoms with Gasteiger partial charge in [-0.15, -0.1) is 0 Å². The molecule has 1 aromatic rings. The molecule has 0 aromatic heterocycles. The van der Waals surface area contributed by atoms with Crippen molar-refractivity contribution in [3.05, 3.63) is 24.3 Å². The quantitative estimate of drug-likeness (QED) is 0.515. The van der Waals surface area contributed by atoms with Crippen LogP contribution < -0.4 is 20.1 Å². The standard InChI is InChI=1S/C22H36N4O3/c1-16-10-6-7-11-18(16)25-22(24-15-21(27)26(3)4)23-14-17(2)29-20-13-9-8-12-19(20)28-5/h8-9,12-13,16-18H,6-7,10-11,14-15H2,1-5H3,(H2,23,24,25). The van der Waals surface area contributed by atoms with Crippen LogP contribution in [0, 0.1) is 5.92 Å². The number of guanidine groups is 1. The van der Waals surface area contributed by atoms with Crippen molar-refractivity contribution in [2.24, 2.45) is 10.9 Å². The number of aliphatic imine (C=N–C) groups is 1. The molecule has 0 spiro atoms. The second kappa shape index (κ2) is 11.5. The van der Waals surface area contributed by atoms with Crippen molar-refractivity contribution in [1.82, 2.24) is 15.5 Å². The van der Waals surface area contributed by atoms with Crippen LogP contribution in [-0.2, 0) is 4.79 Å². The summed E-state index contributed by atoms with van der Waals surface area (Å²) in [4.78, 5) is 18.0. The second-order valence-electron chi connectivity index (χ2n) is 7.93. The van der Waals surface area contributed by atoms with Crippen LogP contribution in [0.2, 0.25) is 0 Å². The maximum Gasteiger partial charge on any atom is 0.243 e. The zero-order chi connectivity index (χ0) is 21.2. The molecule has 2 N–H and O–H groups in total. The molecule has 1 saturated carbocycles. The fraction of sp³-hybridized carbons (Fsp3) is 0.636. The molecule has 29 heavy (non-hydrogen) atoms. The predicted molar refractivity (Wildman–Crippen MR) is 117 cm³/mol. The molecule has 1 fully saturated rings. The van der Waals surface area contributed by atoms with Gasteiger partial charge in [-0.1, -0.05) is 31.9 Å². The second-order valence-corrected chi connectivity index (χ2v) is 7.93. The summed E-state index contributed by atoms with van der Waals surface area (Å²) in [5, 5.41) is 6.87. The summed E-state index contributed by atoms with van der Waals surface area (Å²) in [7, 11) is 5.11. The summed E-state index contributed by atoms with van der Waals surface area (Å²) in [5.41, 5.74) is 0. The Morgan fingerprint density at radius 2 is 1.93 bits per heavy atom. The number of likely N-dealkylation sites (N-methyl/N-ethyl adjacent to an activating group) is 1. The highest BCUT2D eigenvalue weighted by Gasteiger charge is 2.22. The summed E-state index contributed by atoms with van der Waals surface area (Å²) >= 11 is 0. The lowest BCUT2D eigenvalue weighted by Crippen LogP contribution is -2.49. The molecule has 1 amide bonds. The van der Waals surface area contributed by atoms with E-state index in [1.807, 2.05) is 31.2 Å². The van der Waals surface area contributed by atoms with Crippen molar-refractivity contribution in [3.63, 3.8) is 0 Å². The molecule has 3 unspecified atom stereocenters. The van der Waals surface area contributed by atoms with Crippen molar-refractivity contribution >= 4 is 11.9 Å². The van der Waals surface area contributed by atoms with Gasteiger partial charge >= 0.3 is 0 Å². The molecular formula is C22H36N4O3. The van der Waals surface area contributed by atoms with Crippen molar-refractivity contribution < 1.29 is 14.3 Å². The summed E-state index contributed by atoms with van der Waals surface area (Å²) in [6.45, 7) is 4.93. The topological polar surface area (TPSA) is 75.2 Å². The maximum absolute atomic E-state index is 12.0. The van der Waals surface area contributed by atoms with Crippen molar-refractivity contribution in [3.8, 4) is 11.5 Å². The molecule has 0 saturated heterocycles. The Hall–Kier alpha value is -2.44. The van der Waals surface area contributed by atoms with Gasteiger partial charge in [-0.25, -0.2) is 4.99 Å². The van der Waals surface area contributed by atoms with Gasteiger partial charge in [0.2, 0.25) is 5.91 Å². The molecule has 2 rings (SSSR count). The SMILES string of the molecule is COc1ccccc1OC(C)CNC(=NCC(=O)N(C)C)NC1CCCCC1C. The van der Waals surface area contributed by atoms with Gasteiger partial charge in [0.15, 0.2) is 17.5 Å². The Bertz CT molecular complexity index is 678. The normalized spacial score (nSPS) is 20.5. The summed E-state index contributed by atoms with van der Waals surface area (Å²) in [6, 6.07) is 7.97. The van der Waals surface area contributed by atoms with Crippen LogP contribution in [0.15, 0.2) is 29.3 Å². The van der Waals surface area contributed by atoms with E-state index in [-0.39, 0.29) is 18.6 Å². The van der Waals surface area contributed by atoms with Crippen molar-refractivity contribution in [2.75, 3.05) is 34.3 Å². The van der Waals surface area contributed by atoms with Crippen LogP contribution in [0.5, 0.6) is 11.5 Å². The van der Waals surface area contributed by atoms with Crippen LogP contribution >= 0.6 is 0 Å². The van der Waals surface area contributed by atoms with Gasteiger partial charge in [0.25, 0.3) is 0 Å². The first-order chi connectivity index (χ1) is 13.9. The van der Waals surface area contributed by atoms with E-state index in [0.29, 0.717) is 36.0 Å². The molecule has 7 nitrogen and oxygen atoms in total. The first-order valence-electron chi connectivity index (χ1n) is 10.5. The average molecular weight is 405 g/mol. The first kappa shape index (κ1) is 22.8. The van der Waals surface area contributed by atoms with Crippen LogP contribution in [0.1, 0.15) is 39.5 Å². The van der Waals surface area contributed by atoms with E-state index in [0.717, 1.165) is 6.42 Å². The smallest absolute Gasteiger partial charge is 0.243 e. The van der Waals surface area contributed by atoms with E-state index in [4.69, 9.17) is 9.47 Å². The van der Waals surface area contributed by atoms with Crippen LogP contribution in [0.4, 0.5) is 0 Å². The lowest BCUT2D eigenvalue weighted by molar-refractivity contribution is -0.127. The largest absolute Gasteiger partial charge is 0.493 e. The average Bonchev–Trinajstić information content (AvgIpc) is 2.71. The molecule has 1 aliphatic carbocycles. The molecule has 0 heterocycles. The molecule has 3 atom stereocenters. The van der Waals surface area contributed by atoms with Crippen LogP contribution in [-0.4, -0.2) is 63.2 Å². The van der Waals surface area contributed by atoms with E-state index >= 15 is 0 Å². The lowest BCUT2D eigenvalue weighted by Gasteiger charge is -2.31. The van der Waals surface area contributed by atoms with Crippen molar-refractivity contribution in [1.29, 1.82) is 0 Å². The highest BCUT2D eigenvalue weighted by Crippen LogP contribution is 2.26. The third kappa shape index (κ3) is 7.48. The minimum absolute atomic E-state index is 0.0267. The predicted octanol–water partition coefficient (Wildman–Crippen LogP) is 2.66. The number of rotatable bonds is 8. The van der Waals surface area contributed by atoms with E-state index < -0.39 is 0 Å². The third-order valence-electron chi connectivity index (χ3n) is 5.26. The number of methoxy groups -OCH3 is 1. The number of nitrogens with one attached hydrogen (secondary N) is 2. The Kier molecular flexibility index (Phi) is 9.09. The van der Waals surface area contributed by atoms with E-state index in [2.05, 4.69) is 22.5 Å². The number of amides is 1. The molecule has 162 valence electrons. The summed E-state index contributed by atoms with van der Waals surface area (Å²) in [5.74, 6) is 2.64. The number of carbonyl (C=O) groups is 1. The van der Waals surface area contributed by atoms with Crippen LogP contribution in [0.25, 0.3) is 0 Å². The molecular weight excluding hydrogens is 368 g/mol. The summed E-state index contributed by atoms with van der Waals surface area (Å²) in [6.07, 6.45) is 4.74. The minimum atomic E-state index is -0.105. The lowest BCUT2D eigenvalue weighted by atomic mass is 9.86. The van der Waals surface area contributed by atoms with Crippen molar-refractivity contribution in [2.45, 2.75) is 51.7 Å². The number of ether oxygens (including phenoxy) is 2. The zero-order valence-electron chi connectivity index (χ0n) is 18.4. The number of para-hydroxylation sites is 2. The van der Waals surface area contributed by atoms with E-state index in [1.165, 1.54) is 19.3 Å². The monoisotopic (exact) mass is 404 g/mol. The minimum Gasteiger partial charge on any atom is -0.493 e. The van der Waals surface area contributed by atoms with E-state index in [9.17, 15) is 4.79 Å². The number of nitrogens with zero attached hydrogens (tertiary/aromatic N) is 2. The fourth-order valence-corrected chi connectivity index (χ4v) is 3.36. The number of carbonyl (C=O) groups excluding carboxylic acids is 1. The number of hydrogen-bond donors (Lipinski definition) is 2. The van der Waals surface area contributed by atoms with Gasteiger partial charge < -0.3 is 25.0 Å². The van der Waals surface area contributed by atoms with Crippen LogP contribution in [0.3, 0.4) is 0 Å².